The monoisotopic (exact) mass is 273 g/mol. The summed E-state index contributed by atoms with van der Waals surface area (Å²) >= 11 is 1.21. The molecule has 0 aliphatic carbocycles. The Labute approximate surface area is 110 Å². The lowest BCUT2D eigenvalue weighted by Gasteiger charge is -2.08. The minimum atomic E-state index is -0.279. The number of thioether (sulfide) groups is 1. The molecule has 6 nitrogen and oxygen atoms in total. The van der Waals surface area contributed by atoms with Crippen molar-refractivity contribution in [2.45, 2.75) is 44.8 Å². The molecule has 0 radical (unpaired) electrons. The van der Waals surface area contributed by atoms with Crippen molar-refractivity contribution in [1.29, 1.82) is 0 Å². The van der Waals surface area contributed by atoms with Crippen LogP contribution in [0.25, 0.3) is 0 Å². The van der Waals surface area contributed by atoms with Gasteiger partial charge < -0.3 is 4.74 Å². The molecule has 7 heteroatoms. The van der Waals surface area contributed by atoms with Gasteiger partial charge in [0.1, 0.15) is 0 Å². The average Bonchev–Trinajstić information content (AvgIpc) is 2.68. The summed E-state index contributed by atoms with van der Waals surface area (Å²) in [7, 11) is 0. The largest absolute Gasteiger partial charge is 0.465 e. The summed E-state index contributed by atoms with van der Waals surface area (Å²) in [5.74, 6) is -0.111. The van der Waals surface area contributed by atoms with E-state index in [1.165, 1.54) is 16.3 Å². The van der Waals surface area contributed by atoms with E-state index in [0.717, 1.165) is 12.8 Å². The SMILES string of the molecule is CCCCOC(=O)CSc1n[nH]c(=O)n1C(C)C. The Hall–Kier alpha value is -1.24. The summed E-state index contributed by atoms with van der Waals surface area (Å²) in [4.78, 5) is 22.9. The van der Waals surface area contributed by atoms with Crippen molar-refractivity contribution in [2.75, 3.05) is 12.4 Å². The lowest BCUT2D eigenvalue weighted by atomic mass is 10.4. The second-order valence-corrected chi connectivity index (χ2v) is 5.08. The van der Waals surface area contributed by atoms with E-state index in [0.29, 0.717) is 11.8 Å². The summed E-state index contributed by atoms with van der Waals surface area (Å²) in [5, 5.41) is 6.78. The second-order valence-electron chi connectivity index (χ2n) is 4.14. The van der Waals surface area contributed by atoms with Crippen LogP contribution in [0.3, 0.4) is 0 Å². The molecule has 18 heavy (non-hydrogen) atoms. The van der Waals surface area contributed by atoms with E-state index in [1.807, 2.05) is 20.8 Å². The average molecular weight is 273 g/mol. The van der Waals surface area contributed by atoms with Crippen LogP contribution in [0.1, 0.15) is 39.7 Å². The number of ether oxygens (including phenoxy) is 1. The molecule has 0 atom stereocenters. The first kappa shape index (κ1) is 14.8. The number of aromatic nitrogens is 3. The van der Waals surface area contributed by atoms with E-state index in [1.54, 1.807) is 0 Å². The molecule has 1 aromatic heterocycles. The van der Waals surface area contributed by atoms with Gasteiger partial charge in [-0.15, -0.1) is 5.10 Å². The van der Waals surface area contributed by atoms with Gasteiger partial charge in [0.15, 0.2) is 5.16 Å². The fraction of sp³-hybridized carbons (Fsp3) is 0.727. The molecule has 0 aromatic carbocycles. The molecule has 102 valence electrons. The first-order valence-electron chi connectivity index (χ1n) is 6.01. The van der Waals surface area contributed by atoms with Gasteiger partial charge in [-0.2, -0.15) is 0 Å². The molecule has 1 heterocycles. The van der Waals surface area contributed by atoms with Gasteiger partial charge >= 0.3 is 11.7 Å². The molecule has 0 bridgehead atoms. The highest BCUT2D eigenvalue weighted by Crippen LogP contribution is 2.16. The highest BCUT2D eigenvalue weighted by Gasteiger charge is 2.13. The predicted molar refractivity (Wildman–Crippen MR) is 69.8 cm³/mol. The molecule has 1 aromatic rings. The van der Waals surface area contributed by atoms with Crippen LogP contribution in [0.4, 0.5) is 0 Å². The van der Waals surface area contributed by atoms with Crippen LogP contribution in [-0.2, 0) is 9.53 Å². The van der Waals surface area contributed by atoms with Crippen molar-refractivity contribution in [3.8, 4) is 0 Å². The summed E-state index contributed by atoms with van der Waals surface area (Å²) in [6.07, 6.45) is 1.86. The summed E-state index contributed by atoms with van der Waals surface area (Å²) in [5.41, 5.74) is -0.258. The molecule has 0 saturated heterocycles. The number of hydrogen-bond donors (Lipinski definition) is 1. The minimum Gasteiger partial charge on any atom is -0.465 e. The highest BCUT2D eigenvalue weighted by atomic mass is 32.2. The molecule has 0 spiro atoms. The number of rotatable bonds is 7. The lowest BCUT2D eigenvalue weighted by Crippen LogP contribution is -2.19. The maximum Gasteiger partial charge on any atom is 0.344 e. The molecule has 0 aliphatic rings. The molecule has 0 fully saturated rings. The van der Waals surface area contributed by atoms with Crippen LogP contribution in [-0.4, -0.2) is 33.1 Å². The van der Waals surface area contributed by atoms with E-state index in [9.17, 15) is 9.59 Å². The zero-order valence-electron chi connectivity index (χ0n) is 10.9. The summed E-state index contributed by atoms with van der Waals surface area (Å²) in [6, 6.07) is 0.00913. The van der Waals surface area contributed by atoms with Crippen LogP contribution < -0.4 is 5.69 Å². The Bertz CT molecular complexity index is 439. The molecule has 0 unspecified atom stereocenters. The zero-order valence-corrected chi connectivity index (χ0v) is 11.7. The van der Waals surface area contributed by atoms with Gasteiger partial charge in [0.05, 0.1) is 12.4 Å². The van der Waals surface area contributed by atoms with Crippen molar-refractivity contribution >= 4 is 17.7 Å². The van der Waals surface area contributed by atoms with Gasteiger partial charge in [-0.3, -0.25) is 9.36 Å². The third-order valence-corrected chi connectivity index (χ3v) is 3.19. The molecule has 1 N–H and O–H groups in total. The number of nitrogens with one attached hydrogen (secondary N) is 1. The third kappa shape index (κ3) is 4.21. The number of carbonyl (C=O) groups is 1. The van der Waals surface area contributed by atoms with Crippen molar-refractivity contribution in [1.82, 2.24) is 14.8 Å². The predicted octanol–water partition coefficient (Wildman–Crippen LogP) is 1.59. The van der Waals surface area contributed by atoms with Crippen molar-refractivity contribution in [3.05, 3.63) is 10.5 Å². The topological polar surface area (TPSA) is 77.0 Å². The van der Waals surface area contributed by atoms with Crippen LogP contribution in [0.2, 0.25) is 0 Å². The van der Waals surface area contributed by atoms with E-state index >= 15 is 0 Å². The molecule has 1 rings (SSSR count). The van der Waals surface area contributed by atoms with Gasteiger partial charge in [-0.1, -0.05) is 25.1 Å². The standard InChI is InChI=1S/C11H19N3O3S/c1-4-5-6-17-9(15)7-18-11-13-12-10(16)14(11)8(2)3/h8H,4-7H2,1-3H3,(H,12,16). The van der Waals surface area contributed by atoms with Gasteiger partial charge in [0, 0.05) is 6.04 Å². The number of nitrogens with zero attached hydrogens (tertiary/aromatic N) is 2. The summed E-state index contributed by atoms with van der Waals surface area (Å²) in [6.45, 7) is 6.27. The first-order chi connectivity index (χ1) is 8.56. The molecular weight excluding hydrogens is 254 g/mol. The Morgan fingerprint density at radius 3 is 2.89 bits per heavy atom. The number of unbranched alkanes of at least 4 members (excludes halogenated alkanes) is 1. The molecule has 0 amide bonds. The Morgan fingerprint density at radius 1 is 1.56 bits per heavy atom. The number of esters is 1. The van der Waals surface area contributed by atoms with Crippen molar-refractivity contribution < 1.29 is 9.53 Å². The van der Waals surface area contributed by atoms with E-state index in [-0.39, 0.29) is 23.5 Å². The van der Waals surface area contributed by atoms with Crippen LogP contribution in [0.15, 0.2) is 9.95 Å². The highest BCUT2D eigenvalue weighted by molar-refractivity contribution is 7.99. The molecule has 0 aliphatic heterocycles. The van der Waals surface area contributed by atoms with Gasteiger partial charge in [-0.25, -0.2) is 9.89 Å². The quantitative estimate of drug-likeness (QED) is 0.464. The number of aromatic amines is 1. The van der Waals surface area contributed by atoms with E-state index in [2.05, 4.69) is 10.2 Å². The fourth-order valence-corrected chi connectivity index (χ4v) is 2.22. The van der Waals surface area contributed by atoms with E-state index in [4.69, 9.17) is 4.74 Å². The zero-order chi connectivity index (χ0) is 13.5. The summed E-state index contributed by atoms with van der Waals surface area (Å²) < 4.78 is 6.54. The van der Waals surface area contributed by atoms with Crippen LogP contribution in [0.5, 0.6) is 0 Å². The van der Waals surface area contributed by atoms with Gasteiger partial charge in [0.2, 0.25) is 0 Å². The Balaban J connectivity index is 2.48. The van der Waals surface area contributed by atoms with Gasteiger partial charge in [0.25, 0.3) is 0 Å². The Kier molecular flexibility index (Phi) is 5.97. The molecular formula is C11H19N3O3S. The van der Waals surface area contributed by atoms with Crippen LogP contribution >= 0.6 is 11.8 Å². The third-order valence-electron chi connectivity index (χ3n) is 2.27. The van der Waals surface area contributed by atoms with E-state index < -0.39 is 0 Å². The van der Waals surface area contributed by atoms with Crippen molar-refractivity contribution in [2.24, 2.45) is 0 Å². The van der Waals surface area contributed by atoms with Crippen molar-refractivity contribution in [3.63, 3.8) is 0 Å². The smallest absolute Gasteiger partial charge is 0.344 e. The second kappa shape index (κ2) is 7.25. The number of hydrogen-bond acceptors (Lipinski definition) is 5. The fourth-order valence-electron chi connectivity index (χ4n) is 1.34. The molecule has 0 saturated carbocycles. The maximum atomic E-state index is 11.5. The number of carbonyl (C=O) groups excluding carboxylic acids is 1. The minimum absolute atomic E-state index is 0.00913. The lowest BCUT2D eigenvalue weighted by molar-refractivity contribution is -0.140. The first-order valence-corrected chi connectivity index (χ1v) is 7.00. The number of H-pyrrole nitrogens is 1. The maximum absolute atomic E-state index is 11.5. The van der Waals surface area contributed by atoms with Gasteiger partial charge in [-0.05, 0) is 20.3 Å². The van der Waals surface area contributed by atoms with Crippen LogP contribution in [0, 0.1) is 0 Å². The normalized spacial score (nSPS) is 10.9. The Morgan fingerprint density at radius 2 is 2.28 bits per heavy atom.